The van der Waals surface area contributed by atoms with Gasteiger partial charge in [0.25, 0.3) is 0 Å². The highest BCUT2D eigenvalue weighted by molar-refractivity contribution is 5.78. The van der Waals surface area contributed by atoms with E-state index in [1.807, 2.05) is 38.1 Å². The molecule has 0 saturated heterocycles. The molecule has 6 nitrogen and oxygen atoms in total. The molecule has 0 bridgehead atoms. The Morgan fingerprint density at radius 2 is 1.92 bits per heavy atom. The van der Waals surface area contributed by atoms with E-state index in [9.17, 15) is 9.59 Å². The fourth-order valence-corrected chi connectivity index (χ4v) is 2.29. The Kier molecular flexibility index (Phi) is 6.12. The number of amides is 2. The Hall–Kier alpha value is -2.63. The van der Waals surface area contributed by atoms with Crippen LogP contribution in [0.3, 0.4) is 0 Å². The Bertz CT molecular complexity index is 722. The Balaban J connectivity index is 1.89. The predicted octanol–water partition coefficient (Wildman–Crippen LogP) is 2.14. The average Bonchev–Trinajstić information content (AvgIpc) is 2.87. The quantitative estimate of drug-likeness (QED) is 0.762. The molecule has 0 aliphatic heterocycles. The summed E-state index contributed by atoms with van der Waals surface area (Å²) < 4.78 is 5.69. The lowest BCUT2D eigenvalue weighted by Gasteiger charge is -2.04. The van der Waals surface area contributed by atoms with Crippen LogP contribution in [-0.2, 0) is 16.0 Å². The first-order chi connectivity index (χ1) is 11.5. The summed E-state index contributed by atoms with van der Waals surface area (Å²) >= 11 is 0. The van der Waals surface area contributed by atoms with Crippen molar-refractivity contribution in [3.05, 3.63) is 41.3 Å². The topological polar surface area (TPSA) is 84.2 Å². The molecule has 2 rings (SSSR count). The van der Waals surface area contributed by atoms with Gasteiger partial charge in [0.1, 0.15) is 5.76 Å². The van der Waals surface area contributed by atoms with Crippen molar-refractivity contribution in [3.8, 4) is 11.5 Å². The number of nitrogens with one attached hydrogen (secondary N) is 2. The van der Waals surface area contributed by atoms with Crippen LogP contribution in [0.25, 0.3) is 11.5 Å². The molecular formula is C18H23N3O3. The molecule has 0 aliphatic carbocycles. The maximum Gasteiger partial charge on any atom is 0.226 e. The van der Waals surface area contributed by atoms with Crippen molar-refractivity contribution in [1.29, 1.82) is 0 Å². The van der Waals surface area contributed by atoms with Gasteiger partial charge in [-0.15, -0.1) is 0 Å². The minimum atomic E-state index is -0.106. The second-order valence-electron chi connectivity index (χ2n) is 5.75. The molecule has 2 N–H and O–H groups in total. The van der Waals surface area contributed by atoms with Gasteiger partial charge in [0.15, 0.2) is 0 Å². The van der Waals surface area contributed by atoms with Gasteiger partial charge < -0.3 is 15.1 Å². The summed E-state index contributed by atoms with van der Waals surface area (Å²) in [6.07, 6.45) is 0.874. The summed E-state index contributed by atoms with van der Waals surface area (Å²) in [7, 11) is 0. The number of hydrogen-bond donors (Lipinski definition) is 2. The van der Waals surface area contributed by atoms with Crippen molar-refractivity contribution in [2.75, 3.05) is 13.1 Å². The summed E-state index contributed by atoms with van der Waals surface area (Å²) in [5, 5.41) is 5.50. The fraction of sp³-hybridized carbons (Fsp3) is 0.389. The van der Waals surface area contributed by atoms with Crippen molar-refractivity contribution in [1.82, 2.24) is 15.6 Å². The number of hydrogen-bond acceptors (Lipinski definition) is 4. The lowest BCUT2D eigenvalue weighted by Crippen LogP contribution is -2.29. The summed E-state index contributed by atoms with van der Waals surface area (Å²) in [6, 6.07) is 7.89. The zero-order chi connectivity index (χ0) is 17.5. The van der Waals surface area contributed by atoms with E-state index in [1.54, 1.807) is 0 Å². The monoisotopic (exact) mass is 329 g/mol. The molecule has 128 valence electrons. The highest BCUT2D eigenvalue weighted by Gasteiger charge is 2.14. The van der Waals surface area contributed by atoms with Crippen LogP contribution in [0.1, 0.15) is 30.4 Å². The number of nitrogens with zero attached hydrogens (tertiary/aromatic N) is 1. The van der Waals surface area contributed by atoms with Crippen molar-refractivity contribution >= 4 is 11.8 Å². The van der Waals surface area contributed by atoms with E-state index in [-0.39, 0.29) is 18.2 Å². The summed E-state index contributed by atoms with van der Waals surface area (Å²) in [4.78, 5) is 27.2. The third-order valence-corrected chi connectivity index (χ3v) is 3.54. The lowest BCUT2D eigenvalue weighted by molar-refractivity contribution is -0.120. The molecule has 0 radical (unpaired) electrons. The van der Waals surface area contributed by atoms with Gasteiger partial charge in [-0.1, -0.05) is 17.7 Å². The van der Waals surface area contributed by atoms with E-state index in [4.69, 9.17) is 4.42 Å². The number of carbonyl (C=O) groups is 2. The van der Waals surface area contributed by atoms with E-state index in [1.165, 1.54) is 6.92 Å². The molecule has 2 aromatic rings. The van der Waals surface area contributed by atoms with Crippen LogP contribution in [0.2, 0.25) is 0 Å². The molecule has 0 saturated carbocycles. The van der Waals surface area contributed by atoms with Gasteiger partial charge in [0, 0.05) is 25.6 Å². The van der Waals surface area contributed by atoms with Crippen LogP contribution in [-0.4, -0.2) is 29.9 Å². The summed E-state index contributed by atoms with van der Waals surface area (Å²) in [5.74, 6) is 1.01. The predicted molar refractivity (Wildman–Crippen MR) is 91.4 cm³/mol. The zero-order valence-corrected chi connectivity index (χ0v) is 14.3. The van der Waals surface area contributed by atoms with E-state index in [2.05, 4.69) is 15.6 Å². The van der Waals surface area contributed by atoms with Gasteiger partial charge in [-0.2, -0.15) is 0 Å². The summed E-state index contributed by atoms with van der Waals surface area (Å²) in [6.45, 7) is 6.36. The van der Waals surface area contributed by atoms with Gasteiger partial charge in [-0.3, -0.25) is 9.59 Å². The highest BCUT2D eigenvalue weighted by Crippen LogP contribution is 2.22. The van der Waals surface area contributed by atoms with Gasteiger partial charge in [0.05, 0.1) is 12.1 Å². The van der Waals surface area contributed by atoms with E-state index in [0.717, 1.165) is 11.1 Å². The normalized spacial score (nSPS) is 10.5. The Labute approximate surface area is 141 Å². The lowest BCUT2D eigenvalue weighted by atomic mass is 10.1. The third kappa shape index (κ3) is 5.22. The minimum absolute atomic E-state index is 0.0665. The molecule has 1 heterocycles. The standard InChI is InChI=1S/C18H23N3O3/c1-12-6-4-7-15(10-12)18-21-16(13(2)24-18)11-17(23)20-9-5-8-19-14(3)22/h4,6-7,10H,5,8-9,11H2,1-3H3,(H,19,22)(H,20,23). The molecule has 0 atom stereocenters. The first-order valence-electron chi connectivity index (χ1n) is 8.00. The SMILES string of the molecule is CC(=O)NCCCNC(=O)Cc1nc(-c2cccc(C)c2)oc1C. The van der Waals surface area contributed by atoms with Crippen molar-refractivity contribution < 1.29 is 14.0 Å². The largest absolute Gasteiger partial charge is 0.441 e. The second-order valence-corrected chi connectivity index (χ2v) is 5.75. The molecular weight excluding hydrogens is 306 g/mol. The van der Waals surface area contributed by atoms with Gasteiger partial charge >= 0.3 is 0 Å². The molecule has 0 aliphatic rings. The number of oxazole rings is 1. The smallest absolute Gasteiger partial charge is 0.226 e. The maximum absolute atomic E-state index is 12.0. The summed E-state index contributed by atoms with van der Waals surface area (Å²) in [5.41, 5.74) is 2.67. The number of carbonyl (C=O) groups excluding carboxylic acids is 2. The van der Waals surface area contributed by atoms with E-state index >= 15 is 0 Å². The van der Waals surface area contributed by atoms with Crippen LogP contribution in [0.4, 0.5) is 0 Å². The number of rotatable bonds is 7. The number of aromatic nitrogens is 1. The van der Waals surface area contributed by atoms with E-state index < -0.39 is 0 Å². The van der Waals surface area contributed by atoms with Crippen molar-refractivity contribution in [2.24, 2.45) is 0 Å². The van der Waals surface area contributed by atoms with Crippen LogP contribution in [0.15, 0.2) is 28.7 Å². The molecule has 1 aromatic heterocycles. The zero-order valence-electron chi connectivity index (χ0n) is 14.3. The minimum Gasteiger partial charge on any atom is -0.441 e. The average molecular weight is 329 g/mol. The second kappa shape index (κ2) is 8.29. The van der Waals surface area contributed by atoms with Crippen molar-refractivity contribution in [2.45, 2.75) is 33.6 Å². The van der Waals surface area contributed by atoms with Crippen LogP contribution >= 0.6 is 0 Å². The molecule has 0 spiro atoms. The van der Waals surface area contributed by atoms with E-state index in [0.29, 0.717) is 36.9 Å². The first kappa shape index (κ1) is 17.7. The number of benzene rings is 1. The Morgan fingerprint density at radius 3 is 2.62 bits per heavy atom. The van der Waals surface area contributed by atoms with Crippen LogP contribution in [0.5, 0.6) is 0 Å². The Morgan fingerprint density at radius 1 is 1.17 bits per heavy atom. The van der Waals surface area contributed by atoms with Gasteiger partial charge in [0.2, 0.25) is 17.7 Å². The molecule has 0 fully saturated rings. The molecule has 2 amide bonds. The highest BCUT2D eigenvalue weighted by atomic mass is 16.4. The molecule has 24 heavy (non-hydrogen) atoms. The van der Waals surface area contributed by atoms with Gasteiger partial charge in [-0.25, -0.2) is 4.98 Å². The van der Waals surface area contributed by atoms with Crippen LogP contribution < -0.4 is 10.6 Å². The fourth-order valence-electron chi connectivity index (χ4n) is 2.29. The molecule has 6 heteroatoms. The third-order valence-electron chi connectivity index (χ3n) is 3.54. The van der Waals surface area contributed by atoms with Gasteiger partial charge in [-0.05, 0) is 32.4 Å². The molecule has 0 unspecified atom stereocenters. The number of aryl methyl sites for hydroxylation is 2. The van der Waals surface area contributed by atoms with Crippen molar-refractivity contribution in [3.63, 3.8) is 0 Å². The maximum atomic E-state index is 12.0. The van der Waals surface area contributed by atoms with Crippen LogP contribution in [0, 0.1) is 13.8 Å². The first-order valence-corrected chi connectivity index (χ1v) is 8.00. The molecule has 1 aromatic carbocycles.